The van der Waals surface area contributed by atoms with E-state index in [0.717, 1.165) is 0 Å². The minimum atomic E-state index is -0.499. The number of allylic oxidation sites excluding steroid dienone is 3. The molecular weight excluding hydrogens is 235 g/mol. The van der Waals surface area contributed by atoms with E-state index in [2.05, 4.69) is 79.4 Å². The molecule has 0 bridgehead atoms. The summed E-state index contributed by atoms with van der Waals surface area (Å²) in [7, 11) is -0.499. The number of hydrogen-bond donors (Lipinski definition) is 0. The predicted octanol–water partition coefficient (Wildman–Crippen LogP) is 4.21. The predicted molar refractivity (Wildman–Crippen MR) is 83.0 cm³/mol. The first-order valence-corrected chi connectivity index (χ1v) is 7.39. The fraction of sp³-hybridized carbons (Fsp3) is 0.0588. The van der Waals surface area contributed by atoms with Gasteiger partial charge >= 0.3 is 0 Å². The second-order valence-corrected chi connectivity index (χ2v) is 6.28. The molecule has 1 heteroatoms. The van der Waals surface area contributed by atoms with E-state index in [1.807, 2.05) is 6.92 Å². The maximum absolute atomic E-state index is 4.24. The lowest BCUT2D eigenvalue weighted by Crippen LogP contribution is -2.11. The lowest BCUT2D eigenvalue weighted by atomic mass is 10.4. The molecule has 0 nitrogen and oxygen atoms in total. The molecule has 0 saturated heterocycles. The Kier molecular flexibility index (Phi) is 4.50. The van der Waals surface area contributed by atoms with Crippen LogP contribution in [0, 0.1) is 0 Å². The summed E-state index contributed by atoms with van der Waals surface area (Å²) in [5.41, 5.74) is 0. The summed E-state index contributed by atoms with van der Waals surface area (Å²) < 4.78 is 0. The normalized spacial score (nSPS) is 11.0. The molecule has 0 spiro atoms. The van der Waals surface area contributed by atoms with Crippen molar-refractivity contribution < 1.29 is 0 Å². The third-order valence-electron chi connectivity index (χ3n) is 2.68. The van der Waals surface area contributed by atoms with Crippen LogP contribution in [-0.4, -0.2) is 0 Å². The topological polar surface area (TPSA) is 0 Å². The molecule has 0 heterocycles. The summed E-state index contributed by atoms with van der Waals surface area (Å²) in [5, 5.41) is 3.88. The van der Waals surface area contributed by atoms with Crippen LogP contribution in [0.4, 0.5) is 0 Å². The van der Waals surface area contributed by atoms with Gasteiger partial charge in [-0.05, 0) is 30.8 Å². The van der Waals surface area contributed by atoms with Gasteiger partial charge < -0.3 is 0 Å². The SMILES string of the molecule is C=C(/C=C\C)P(c1ccccc1)c1ccccc1. The average molecular weight is 252 g/mol. The van der Waals surface area contributed by atoms with Crippen LogP contribution in [0.1, 0.15) is 6.92 Å². The van der Waals surface area contributed by atoms with Crippen LogP contribution in [0.25, 0.3) is 0 Å². The zero-order valence-corrected chi connectivity index (χ0v) is 11.5. The van der Waals surface area contributed by atoms with Gasteiger partial charge in [-0.25, -0.2) is 0 Å². The lowest BCUT2D eigenvalue weighted by molar-refractivity contribution is 1.71. The molecule has 2 aromatic rings. The first kappa shape index (κ1) is 12.8. The van der Waals surface area contributed by atoms with E-state index in [0.29, 0.717) is 0 Å². The second-order valence-electron chi connectivity index (χ2n) is 4.00. The van der Waals surface area contributed by atoms with Crippen LogP contribution < -0.4 is 10.6 Å². The quantitative estimate of drug-likeness (QED) is 0.565. The van der Waals surface area contributed by atoms with Gasteiger partial charge in [0.1, 0.15) is 0 Å². The fourth-order valence-corrected chi connectivity index (χ4v) is 4.10. The van der Waals surface area contributed by atoms with Crippen molar-refractivity contribution in [1.82, 2.24) is 0 Å². The van der Waals surface area contributed by atoms with Crippen LogP contribution in [0.3, 0.4) is 0 Å². The zero-order valence-electron chi connectivity index (χ0n) is 10.6. The Morgan fingerprint density at radius 1 is 0.889 bits per heavy atom. The van der Waals surface area contributed by atoms with E-state index >= 15 is 0 Å². The van der Waals surface area contributed by atoms with Gasteiger partial charge in [-0.2, -0.15) is 0 Å². The fourth-order valence-electron chi connectivity index (χ4n) is 1.90. The molecule has 18 heavy (non-hydrogen) atoms. The Hall–Kier alpha value is -1.65. The summed E-state index contributed by atoms with van der Waals surface area (Å²) in [6, 6.07) is 21.2. The van der Waals surface area contributed by atoms with Crippen LogP contribution in [0.2, 0.25) is 0 Å². The standard InChI is InChI=1S/C17H17P/c1-3-10-15(2)18(16-11-6-4-7-12-16)17-13-8-5-9-14-17/h3-14H,2H2,1H3/b10-3-. The number of hydrogen-bond acceptors (Lipinski definition) is 0. The van der Waals surface area contributed by atoms with E-state index in [9.17, 15) is 0 Å². The van der Waals surface area contributed by atoms with Crippen molar-refractivity contribution in [2.75, 3.05) is 0 Å². The minimum absolute atomic E-state index is 0.499. The van der Waals surface area contributed by atoms with Gasteiger partial charge in [0.2, 0.25) is 0 Å². The van der Waals surface area contributed by atoms with E-state index in [1.165, 1.54) is 15.9 Å². The van der Waals surface area contributed by atoms with Crippen LogP contribution >= 0.6 is 7.92 Å². The first-order chi connectivity index (χ1) is 8.83. The Balaban J connectivity index is 2.45. The summed E-state index contributed by atoms with van der Waals surface area (Å²) in [6.07, 6.45) is 4.18. The molecule has 0 aliphatic carbocycles. The molecule has 0 atom stereocenters. The van der Waals surface area contributed by atoms with Gasteiger partial charge in [-0.15, -0.1) is 0 Å². The van der Waals surface area contributed by atoms with Gasteiger partial charge in [0.15, 0.2) is 0 Å². The van der Waals surface area contributed by atoms with Gasteiger partial charge in [0.25, 0.3) is 0 Å². The summed E-state index contributed by atoms with van der Waals surface area (Å²) >= 11 is 0. The summed E-state index contributed by atoms with van der Waals surface area (Å²) in [6.45, 7) is 6.28. The molecule has 0 aliphatic rings. The van der Waals surface area contributed by atoms with Crippen molar-refractivity contribution in [3.63, 3.8) is 0 Å². The molecule has 0 N–H and O–H groups in total. The Bertz CT molecular complexity index is 487. The van der Waals surface area contributed by atoms with Crippen molar-refractivity contribution in [2.24, 2.45) is 0 Å². The molecule has 0 aliphatic heterocycles. The van der Waals surface area contributed by atoms with Gasteiger partial charge in [0, 0.05) is 0 Å². The van der Waals surface area contributed by atoms with Crippen LogP contribution in [0.15, 0.2) is 84.7 Å². The average Bonchev–Trinajstić information content (AvgIpc) is 2.42. The highest BCUT2D eigenvalue weighted by Crippen LogP contribution is 2.42. The minimum Gasteiger partial charge on any atom is -0.0907 e. The van der Waals surface area contributed by atoms with Crippen molar-refractivity contribution in [1.29, 1.82) is 0 Å². The Morgan fingerprint density at radius 2 is 1.33 bits per heavy atom. The number of rotatable bonds is 4. The van der Waals surface area contributed by atoms with E-state index in [4.69, 9.17) is 0 Å². The molecule has 0 saturated carbocycles. The first-order valence-electron chi connectivity index (χ1n) is 6.05. The largest absolute Gasteiger partial charge is 0.0907 e. The van der Waals surface area contributed by atoms with Crippen molar-refractivity contribution in [3.05, 3.63) is 84.7 Å². The van der Waals surface area contributed by atoms with Crippen LogP contribution in [-0.2, 0) is 0 Å². The molecule has 0 fully saturated rings. The van der Waals surface area contributed by atoms with Crippen molar-refractivity contribution in [2.45, 2.75) is 6.92 Å². The molecule has 2 aromatic carbocycles. The summed E-state index contributed by atoms with van der Waals surface area (Å²) in [4.78, 5) is 0. The second kappa shape index (κ2) is 6.33. The smallest absolute Gasteiger partial charge is 0.0140 e. The third kappa shape index (κ3) is 2.97. The third-order valence-corrected chi connectivity index (χ3v) is 5.03. The highest BCUT2D eigenvalue weighted by Gasteiger charge is 2.14. The Labute approximate surface area is 110 Å². The molecule has 0 radical (unpaired) electrons. The number of benzene rings is 2. The molecule has 0 amide bonds. The molecule has 2 rings (SSSR count). The van der Waals surface area contributed by atoms with Gasteiger partial charge in [-0.3, -0.25) is 0 Å². The highest BCUT2D eigenvalue weighted by atomic mass is 31.1. The lowest BCUT2D eigenvalue weighted by Gasteiger charge is -2.19. The van der Waals surface area contributed by atoms with Crippen LogP contribution in [0.5, 0.6) is 0 Å². The van der Waals surface area contributed by atoms with Crippen molar-refractivity contribution in [3.8, 4) is 0 Å². The monoisotopic (exact) mass is 252 g/mol. The van der Waals surface area contributed by atoms with E-state index < -0.39 is 7.92 Å². The van der Waals surface area contributed by atoms with Gasteiger partial charge in [-0.1, -0.05) is 79.4 Å². The molecular formula is C17H17P. The van der Waals surface area contributed by atoms with Gasteiger partial charge in [0.05, 0.1) is 0 Å². The van der Waals surface area contributed by atoms with Crippen molar-refractivity contribution >= 4 is 18.5 Å². The molecule has 90 valence electrons. The maximum atomic E-state index is 4.24. The maximum Gasteiger partial charge on any atom is -0.0140 e. The summed E-state index contributed by atoms with van der Waals surface area (Å²) in [5.74, 6) is 0. The van der Waals surface area contributed by atoms with E-state index in [1.54, 1.807) is 0 Å². The van der Waals surface area contributed by atoms with E-state index in [-0.39, 0.29) is 0 Å². The molecule has 0 aromatic heterocycles. The highest BCUT2D eigenvalue weighted by molar-refractivity contribution is 7.77. The zero-order chi connectivity index (χ0) is 12.8. The Morgan fingerprint density at radius 3 is 1.72 bits per heavy atom. The molecule has 0 unspecified atom stereocenters.